The minimum absolute atomic E-state index is 0.0977. The second-order valence-corrected chi connectivity index (χ2v) is 6.54. The molecule has 1 amide bonds. The number of fused-ring (bicyclic) bond motifs is 1. The van der Waals surface area contributed by atoms with Crippen LogP contribution < -0.4 is 4.90 Å². The van der Waals surface area contributed by atoms with E-state index in [0.29, 0.717) is 13.0 Å². The summed E-state index contributed by atoms with van der Waals surface area (Å²) in [4.78, 5) is 24.9. The number of amides is 1. The zero-order valence-electron chi connectivity index (χ0n) is 13.2. The number of hydrogen-bond acceptors (Lipinski definition) is 3. The Morgan fingerprint density at radius 3 is 2.76 bits per heavy atom. The molecule has 1 unspecified atom stereocenters. The van der Waals surface area contributed by atoms with Crippen LogP contribution in [0.1, 0.15) is 51.2 Å². The third kappa shape index (κ3) is 3.43. The molecule has 21 heavy (non-hydrogen) atoms. The van der Waals surface area contributed by atoms with Gasteiger partial charge in [0.05, 0.1) is 5.69 Å². The zero-order valence-corrected chi connectivity index (χ0v) is 13.2. The summed E-state index contributed by atoms with van der Waals surface area (Å²) >= 11 is 0. The highest BCUT2D eigenvalue weighted by atomic mass is 16.6. The van der Waals surface area contributed by atoms with Crippen molar-refractivity contribution < 1.29 is 14.3 Å². The van der Waals surface area contributed by atoms with Crippen molar-refractivity contribution in [3.05, 3.63) is 29.3 Å². The van der Waals surface area contributed by atoms with Gasteiger partial charge in [0, 0.05) is 13.0 Å². The van der Waals surface area contributed by atoms with Crippen molar-refractivity contribution in [2.45, 2.75) is 52.1 Å². The molecular weight excluding hydrogens is 266 g/mol. The number of ether oxygens (including phenoxy) is 1. The minimum atomic E-state index is -0.511. The maximum atomic E-state index is 12.4. The number of carbonyl (C=O) groups excluding carboxylic acids is 2. The van der Waals surface area contributed by atoms with Gasteiger partial charge in [0.25, 0.3) is 0 Å². The summed E-state index contributed by atoms with van der Waals surface area (Å²) in [5.74, 6) is 0.0977. The molecule has 0 N–H and O–H groups in total. The average Bonchev–Trinajstić information content (AvgIpc) is 2.80. The van der Waals surface area contributed by atoms with Crippen LogP contribution >= 0.6 is 0 Å². The number of aldehydes is 1. The van der Waals surface area contributed by atoms with Crippen LogP contribution in [0.25, 0.3) is 0 Å². The van der Waals surface area contributed by atoms with Gasteiger partial charge < -0.3 is 9.53 Å². The first-order chi connectivity index (χ1) is 9.83. The highest BCUT2D eigenvalue weighted by Crippen LogP contribution is 2.37. The second-order valence-electron chi connectivity index (χ2n) is 6.54. The van der Waals surface area contributed by atoms with Gasteiger partial charge in [0.2, 0.25) is 0 Å². The van der Waals surface area contributed by atoms with Crippen molar-refractivity contribution >= 4 is 18.1 Å². The molecule has 1 aliphatic rings. The third-order valence-electron chi connectivity index (χ3n) is 3.62. The number of hydrogen-bond donors (Lipinski definition) is 0. The number of anilines is 1. The molecule has 0 fully saturated rings. The van der Waals surface area contributed by atoms with Gasteiger partial charge in [-0.3, -0.25) is 4.90 Å². The van der Waals surface area contributed by atoms with Crippen LogP contribution in [0, 0.1) is 0 Å². The summed E-state index contributed by atoms with van der Waals surface area (Å²) in [6, 6.07) is 6.03. The quantitative estimate of drug-likeness (QED) is 0.797. The number of nitrogens with zero attached hydrogens (tertiary/aromatic N) is 1. The van der Waals surface area contributed by atoms with Gasteiger partial charge in [0.1, 0.15) is 11.9 Å². The molecule has 0 aromatic heterocycles. The number of carbonyl (C=O) groups is 2. The van der Waals surface area contributed by atoms with E-state index in [2.05, 4.69) is 0 Å². The lowest BCUT2D eigenvalue weighted by molar-refractivity contribution is -0.108. The maximum Gasteiger partial charge on any atom is 0.414 e. The highest BCUT2D eigenvalue weighted by Gasteiger charge is 2.31. The molecule has 0 bridgehead atoms. The van der Waals surface area contributed by atoms with Crippen LogP contribution in [0.2, 0.25) is 0 Å². The van der Waals surface area contributed by atoms with Crippen molar-refractivity contribution in [3.8, 4) is 0 Å². The van der Waals surface area contributed by atoms with E-state index < -0.39 is 5.60 Å². The number of rotatable bonds is 3. The van der Waals surface area contributed by atoms with Gasteiger partial charge in [-0.15, -0.1) is 0 Å². The Morgan fingerprint density at radius 1 is 1.43 bits per heavy atom. The van der Waals surface area contributed by atoms with Gasteiger partial charge >= 0.3 is 6.09 Å². The molecule has 4 heteroatoms. The van der Waals surface area contributed by atoms with E-state index >= 15 is 0 Å². The Hall–Kier alpha value is -1.84. The fourth-order valence-corrected chi connectivity index (χ4v) is 2.65. The number of benzene rings is 1. The lowest BCUT2D eigenvalue weighted by Crippen LogP contribution is -2.36. The molecule has 0 saturated heterocycles. The van der Waals surface area contributed by atoms with Crippen molar-refractivity contribution in [1.82, 2.24) is 0 Å². The summed E-state index contributed by atoms with van der Waals surface area (Å²) in [6.45, 7) is 8.24. The van der Waals surface area contributed by atoms with Gasteiger partial charge in [0.15, 0.2) is 0 Å². The lowest BCUT2D eigenvalue weighted by Gasteiger charge is -2.27. The largest absolute Gasteiger partial charge is 0.443 e. The molecule has 0 radical (unpaired) electrons. The van der Waals surface area contributed by atoms with Crippen LogP contribution in [-0.2, 0) is 16.0 Å². The summed E-state index contributed by atoms with van der Waals surface area (Å²) in [6.07, 6.45) is 1.90. The predicted octanol–water partition coefficient (Wildman–Crippen LogP) is 3.68. The molecule has 0 aliphatic carbocycles. The topological polar surface area (TPSA) is 46.6 Å². The minimum Gasteiger partial charge on any atom is -0.443 e. The highest BCUT2D eigenvalue weighted by molar-refractivity contribution is 5.92. The summed E-state index contributed by atoms with van der Waals surface area (Å²) < 4.78 is 5.49. The normalized spacial score (nSPS) is 15.5. The van der Waals surface area contributed by atoms with Crippen LogP contribution in [-0.4, -0.2) is 24.5 Å². The van der Waals surface area contributed by atoms with Crippen LogP contribution in [0.15, 0.2) is 18.2 Å². The Morgan fingerprint density at radius 2 is 2.14 bits per heavy atom. The molecule has 1 atom stereocenters. The first-order valence-corrected chi connectivity index (χ1v) is 7.39. The van der Waals surface area contributed by atoms with E-state index in [0.717, 1.165) is 29.5 Å². The molecule has 1 aliphatic heterocycles. The molecule has 1 aromatic carbocycles. The fraction of sp³-hybridized carbons (Fsp3) is 0.529. The molecular formula is C17H23NO3. The van der Waals surface area contributed by atoms with Crippen LogP contribution in [0.4, 0.5) is 10.5 Å². The maximum absolute atomic E-state index is 12.4. The van der Waals surface area contributed by atoms with E-state index in [1.165, 1.54) is 0 Å². The summed E-state index contributed by atoms with van der Waals surface area (Å²) in [5.41, 5.74) is 2.61. The first-order valence-electron chi connectivity index (χ1n) is 7.39. The molecule has 0 saturated carbocycles. The zero-order chi connectivity index (χ0) is 15.6. The van der Waals surface area contributed by atoms with Crippen molar-refractivity contribution in [1.29, 1.82) is 0 Å². The smallest absolute Gasteiger partial charge is 0.414 e. The molecule has 4 nitrogen and oxygen atoms in total. The summed E-state index contributed by atoms with van der Waals surface area (Å²) in [5, 5.41) is 0. The predicted molar refractivity (Wildman–Crippen MR) is 82.8 cm³/mol. The fourth-order valence-electron chi connectivity index (χ4n) is 2.65. The van der Waals surface area contributed by atoms with E-state index in [1.54, 1.807) is 4.90 Å². The molecule has 0 spiro atoms. The van der Waals surface area contributed by atoms with Gasteiger partial charge in [-0.2, -0.15) is 0 Å². The Labute approximate surface area is 126 Å². The first kappa shape index (κ1) is 15.5. The monoisotopic (exact) mass is 289 g/mol. The summed E-state index contributed by atoms with van der Waals surface area (Å²) in [7, 11) is 0. The van der Waals surface area contributed by atoms with Crippen LogP contribution in [0.3, 0.4) is 0 Å². The number of para-hydroxylation sites is 1. The van der Waals surface area contributed by atoms with Crippen molar-refractivity contribution in [3.63, 3.8) is 0 Å². The van der Waals surface area contributed by atoms with Crippen molar-refractivity contribution in [2.75, 3.05) is 11.4 Å². The second kappa shape index (κ2) is 5.88. The van der Waals surface area contributed by atoms with Gasteiger partial charge in [-0.05, 0) is 44.2 Å². The van der Waals surface area contributed by atoms with Crippen molar-refractivity contribution in [2.24, 2.45) is 0 Å². The molecule has 114 valence electrons. The van der Waals surface area contributed by atoms with Gasteiger partial charge in [-0.1, -0.05) is 25.1 Å². The SMILES string of the molecule is CC(CC=O)c1cccc2c1N(C(=O)OC(C)(C)C)CC2. The molecule has 2 rings (SSSR count). The van der Waals surface area contributed by atoms with E-state index in [4.69, 9.17) is 4.74 Å². The molecule has 1 aromatic rings. The van der Waals surface area contributed by atoms with E-state index in [-0.39, 0.29) is 12.0 Å². The Balaban J connectivity index is 2.33. The van der Waals surface area contributed by atoms with E-state index in [1.807, 2.05) is 45.9 Å². The third-order valence-corrected chi connectivity index (χ3v) is 3.62. The Kier molecular flexibility index (Phi) is 4.35. The van der Waals surface area contributed by atoms with E-state index in [9.17, 15) is 9.59 Å². The van der Waals surface area contributed by atoms with Crippen LogP contribution in [0.5, 0.6) is 0 Å². The molecule has 1 heterocycles. The van der Waals surface area contributed by atoms with Gasteiger partial charge in [-0.25, -0.2) is 4.79 Å². The Bertz CT molecular complexity index is 545. The average molecular weight is 289 g/mol. The standard InChI is InChI=1S/C17H23NO3/c1-12(9-11-19)14-7-5-6-13-8-10-18(15(13)14)16(20)21-17(2,3)4/h5-7,11-12H,8-10H2,1-4H3. The lowest BCUT2D eigenvalue weighted by atomic mass is 9.94.